The minimum atomic E-state index is -0.925. The largest absolute Gasteiger partial charge is 0.472 e. The van der Waals surface area contributed by atoms with Crippen molar-refractivity contribution in [3.8, 4) is 28.3 Å². The lowest BCUT2D eigenvalue weighted by molar-refractivity contribution is 0.188. The van der Waals surface area contributed by atoms with Crippen LogP contribution in [0.2, 0.25) is 0 Å². The molecule has 2 aliphatic rings. The fourth-order valence-corrected chi connectivity index (χ4v) is 6.62. The molecule has 5 heterocycles. The topological polar surface area (TPSA) is 106 Å². The maximum absolute atomic E-state index is 17.0. The van der Waals surface area contributed by atoms with E-state index in [4.69, 9.17) is 19.9 Å². The van der Waals surface area contributed by atoms with Crippen LogP contribution in [0.25, 0.3) is 43.4 Å². The van der Waals surface area contributed by atoms with Gasteiger partial charge >= 0.3 is 6.01 Å². The first-order valence-electron chi connectivity index (χ1n) is 13.7. The number of ether oxygens (including phenoxy) is 1. The molecular formula is C29H28F3N7O2S. The zero-order valence-corrected chi connectivity index (χ0v) is 23.6. The molecule has 0 spiro atoms. The first-order chi connectivity index (χ1) is 20.4. The first kappa shape index (κ1) is 26.9. The van der Waals surface area contributed by atoms with Crippen LogP contribution in [-0.4, -0.2) is 78.4 Å². The van der Waals surface area contributed by atoms with Gasteiger partial charge in [-0.3, -0.25) is 4.90 Å². The van der Waals surface area contributed by atoms with E-state index >= 15 is 4.39 Å². The zero-order chi connectivity index (χ0) is 29.0. The summed E-state index contributed by atoms with van der Waals surface area (Å²) in [5.74, 6) is -0.578. The molecule has 0 unspecified atom stereocenters. The summed E-state index contributed by atoms with van der Waals surface area (Å²) in [6.45, 7) is 3.28. The number of thiazole rings is 1. The van der Waals surface area contributed by atoms with Crippen molar-refractivity contribution >= 4 is 43.4 Å². The third-order valence-corrected chi connectivity index (χ3v) is 8.86. The molecule has 2 aromatic carbocycles. The van der Waals surface area contributed by atoms with Crippen molar-refractivity contribution < 1.29 is 22.3 Å². The minimum Gasteiger partial charge on any atom is -0.472 e. The molecule has 9 nitrogen and oxygen atoms in total. The van der Waals surface area contributed by atoms with E-state index in [9.17, 15) is 8.78 Å². The van der Waals surface area contributed by atoms with Gasteiger partial charge in [-0.05, 0) is 43.3 Å². The van der Waals surface area contributed by atoms with Crippen molar-refractivity contribution in [3.05, 3.63) is 48.4 Å². The Morgan fingerprint density at radius 1 is 1.12 bits per heavy atom. The number of halogens is 3. The molecule has 5 aromatic rings. The second-order valence-corrected chi connectivity index (χ2v) is 11.7. The Morgan fingerprint density at radius 2 is 1.95 bits per heavy atom. The molecule has 0 radical (unpaired) electrons. The average molecular weight is 596 g/mol. The summed E-state index contributed by atoms with van der Waals surface area (Å²) in [4.78, 5) is 17.6. The Labute approximate surface area is 243 Å². The number of likely N-dealkylation sites (tertiary alicyclic amines) is 1. The van der Waals surface area contributed by atoms with Crippen molar-refractivity contribution in [1.29, 1.82) is 0 Å². The van der Waals surface area contributed by atoms with E-state index in [1.807, 2.05) is 18.0 Å². The van der Waals surface area contributed by atoms with Crippen LogP contribution < -0.4 is 20.7 Å². The molecule has 13 heteroatoms. The molecule has 42 heavy (non-hydrogen) atoms. The SMILES string of the molecule is CN1C[C@H](F)C[C@H]1COc1nc(N2CCNCC2)c2cc(-c3ccoc3)c(-c3ccc(F)c4sc(N)nc34)c(F)c2n1. The number of likely N-dealkylation sites (N-methyl/N-ethyl adjacent to an activating group) is 1. The van der Waals surface area contributed by atoms with Crippen molar-refractivity contribution in [3.63, 3.8) is 0 Å². The second-order valence-electron chi connectivity index (χ2n) is 10.7. The number of rotatable bonds is 6. The standard InChI is InChI=1S/C29H28F3N7O2S/c1-38-12-16(30)10-17(38)14-41-29-36-24-20(27(37-29)39-7-5-34-6-8-39)11-19(15-4-9-40-13-15)22(23(24)32)18-2-3-21(31)26-25(18)35-28(33)42-26/h2-4,9,11,13,16-17,34H,5-8,10,12,14H2,1H3,(H2,33,35)/t16-,17+/m1/s1. The van der Waals surface area contributed by atoms with E-state index in [0.29, 0.717) is 53.9 Å². The Morgan fingerprint density at radius 3 is 2.69 bits per heavy atom. The molecule has 2 fully saturated rings. The van der Waals surface area contributed by atoms with Crippen LogP contribution in [0.1, 0.15) is 6.42 Å². The summed E-state index contributed by atoms with van der Waals surface area (Å²) in [7, 11) is 1.85. The molecule has 0 aliphatic carbocycles. The second kappa shape index (κ2) is 10.7. The molecule has 3 N–H and O–H groups in total. The van der Waals surface area contributed by atoms with Crippen molar-refractivity contribution in [2.45, 2.75) is 18.6 Å². The van der Waals surface area contributed by atoms with Gasteiger partial charge in [-0.15, -0.1) is 0 Å². The summed E-state index contributed by atoms with van der Waals surface area (Å²) < 4.78 is 57.3. The lowest BCUT2D eigenvalue weighted by atomic mass is 9.92. The van der Waals surface area contributed by atoms with Crippen LogP contribution in [0.3, 0.4) is 0 Å². The summed E-state index contributed by atoms with van der Waals surface area (Å²) in [6.07, 6.45) is 2.46. The Kier molecular flexibility index (Phi) is 6.87. The predicted molar refractivity (Wildman–Crippen MR) is 157 cm³/mol. The van der Waals surface area contributed by atoms with Crippen molar-refractivity contribution in [1.82, 2.24) is 25.2 Å². The smallest absolute Gasteiger partial charge is 0.319 e. The number of alkyl halides is 1. The van der Waals surface area contributed by atoms with Gasteiger partial charge < -0.3 is 25.1 Å². The van der Waals surface area contributed by atoms with Crippen LogP contribution in [0.5, 0.6) is 6.01 Å². The van der Waals surface area contributed by atoms with E-state index in [0.717, 1.165) is 24.4 Å². The molecule has 0 amide bonds. The molecule has 0 saturated carbocycles. The molecule has 2 atom stereocenters. The number of aromatic nitrogens is 3. The summed E-state index contributed by atoms with van der Waals surface area (Å²) in [5, 5.41) is 4.00. The number of nitrogens with zero attached hydrogens (tertiary/aromatic N) is 5. The van der Waals surface area contributed by atoms with Gasteiger partial charge in [0.2, 0.25) is 0 Å². The molecule has 0 bridgehead atoms. The maximum atomic E-state index is 17.0. The van der Waals surface area contributed by atoms with Gasteiger partial charge in [0.05, 0.1) is 22.7 Å². The Bertz CT molecular complexity index is 1780. The van der Waals surface area contributed by atoms with Crippen molar-refractivity contribution in [2.24, 2.45) is 0 Å². The summed E-state index contributed by atoms with van der Waals surface area (Å²) in [6, 6.07) is 6.23. The number of piperazine rings is 1. The van der Waals surface area contributed by atoms with Gasteiger partial charge in [0.25, 0.3) is 0 Å². The van der Waals surface area contributed by atoms with E-state index < -0.39 is 17.8 Å². The van der Waals surface area contributed by atoms with E-state index in [1.165, 1.54) is 24.7 Å². The van der Waals surface area contributed by atoms with Crippen LogP contribution in [0, 0.1) is 11.6 Å². The molecule has 2 aliphatic heterocycles. The highest BCUT2D eigenvalue weighted by atomic mass is 32.1. The van der Waals surface area contributed by atoms with Crippen LogP contribution in [-0.2, 0) is 0 Å². The minimum absolute atomic E-state index is 0.00908. The van der Waals surface area contributed by atoms with E-state index in [-0.39, 0.29) is 45.1 Å². The fourth-order valence-electron chi connectivity index (χ4n) is 5.85. The van der Waals surface area contributed by atoms with Gasteiger partial charge in [-0.25, -0.2) is 18.2 Å². The summed E-state index contributed by atoms with van der Waals surface area (Å²) >= 11 is 1.00. The number of benzene rings is 2. The van der Waals surface area contributed by atoms with Gasteiger partial charge in [-0.1, -0.05) is 11.3 Å². The lowest BCUT2D eigenvalue weighted by Crippen LogP contribution is -2.44. The monoisotopic (exact) mass is 595 g/mol. The van der Waals surface area contributed by atoms with Gasteiger partial charge in [0.15, 0.2) is 10.9 Å². The number of nitrogens with one attached hydrogen (secondary N) is 1. The number of furan rings is 1. The predicted octanol–water partition coefficient (Wildman–Crippen LogP) is 4.86. The molecule has 7 rings (SSSR count). The van der Waals surface area contributed by atoms with E-state index in [2.05, 4.69) is 20.2 Å². The average Bonchev–Trinajstić information content (AvgIpc) is 3.73. The van der Waals surface area contributed by atoms with Crippen LogP contribution >= 0.6 is 11.3 Å². The summed E-state index contributed by atoms with van der Waals surface area (Å²) in [5.41, 5.74) is 7.98. The number of fused-ring (bicyclic) bond motifs is 2. The third-order valence-electron chi connectivity index (χ3n) is 7.96. The third kappa shape index (κ3) is 4.71. The molecular weight excluding hydrogens is 567 g/mol. The maximum Gasteiger partial charge on any atom is 0.319 e. The number of hydrogen-bond acceptors (Lipinski definition) is 10. The first-order valence-corrected chi connectivity index (χ1v) is 14.5. The highest BCUT2D eigenvalue weighted by molar-refractivity contribution is 7.22. The Balaban J connectivity index is 1.45. The van der Waals surface area contributed by atoms with Gasteiger partial charge in [0.1, 0.15) is 29.9 Å². The van der Waals surface area contributed by atoms with Gasteiger partial charge in [0, 0.05) is 60.8 Å². The lowest BCUT2D eigenvalue weighted by Gasteiger charge is -2.30. The molecule has 2 saturated heterocycles. The number of hydrogen-bond donors (Lipinski definition) is 2. The number of nitrogen functional groups attached to an aromatic ring is 1. The number of nitrogens with two attached hydrogens (primary N) is 1. The van der Waals surface area contributed by atoms with E-state index in [1.54, 1.807) is 6.07 Å². The fraction of sp³-hybridized carbons (Fsp3) is 0.345. The van der Waals surface area contributed by atoms with Crippen molar-refractivity contribution in [2.75, 3.05) is 57.0 Å². The van der Waals surface area contributed by atoms with Crippen LogP contribution in [0.4, 0.5) is 24.1 Å². The highest BCUT2D eigenvalue weighted by Gasteiger charge is 2.31. The molecule has 3 aromatic heterocycles. The highest BCUT2D eigenvalue weighted by Crippen LogP contribution is 2.44. The Hall–Kier alpha value is -3.94. The quantitative estimate of drug-likeness (QED) is 0.285. The number of anilines is 2. The normalized spacial score (nSPS) is 19.8. The molecule has 218 valence electrons. The van der Waals surface area contributed by atoms with Gasteiger partial charge in [-0.2, -0.15) is 9.97 Å². The zero-order valence-electron chi connectivity index (χ0n) is 22.7. The van der Waals surface area contributed by atoms with Crippen LogP contribution in [0.15, 0.2) is 41.2 Å².